The molecule has 0 unspecified atom stereocenters. The average Bonchev–Trinajstić information content (AvgIpc) is 3.14. The van der Waals surface area contributed by atoms with Crippen LogP contribution in [0.4, 0.5) is 26.3 Å². The van der Waals surface area contributed by atoms with Gasteiger partial charge in [-0.25, -0.2) is 24.0 Å². The van der Waals surface area contributed by atoms with Crippen molar-refractivity contribution >= 4 is 35.8 Å². The first-order chi connectivity index (χ1) is 28.0. The number of hydrogen-bond donors (Lipinski definition) is 8. The number of unbranched alkanes of at least 4 members (excludes halogenated alkanes) is 18. The number of carboxylic acid groups (broad SMARTS) is 5. The van der Waals surface area contributed by atoms with Crippen molar-refractivity contribution in [2.24, 2.45) is 0 Å². The van der Waals surface area contributed by atoms with Crippen molar-refractivity contribution < 1.29 is 91.3 Å². The molecule has 0 saturated heterocycles. The van der Waals surface area contributed by atoms with Crippen LogP contribution in [0.15, 0.2) is 12.2 Å². The van der Waals surface area contributed by atoms with E-state index in [-0.39, 0.29) is 19.3 Å². The minimum absolute atomic E-state index is 0.0857. The summed E-state index contributed by atoms with van der Waals surface area (Å²) in [4.78, 5) is 66.5. The maximum atomic E-state index is 12.7. The molecule has 20 heteroatoms. The summed E-state index contributed by atoms with van der Waals surface area (Å²) in [5, 5.41) is 45.3. The van der Waals surface area contributed by atoms with Crippen molar-refractivity contribution in [2.45, 2.75) is 192 Å². The second kappa shape index (κ2) is 36.9. The number of halogens is 6. The number of rotatable bonds is 33. The van der Waals surface area contributed by atoms with Crippen LogP contribution in [-0.4, -0.2) is 105 Å². The minimum atomic E-state index is -5.08. The van der Waals surface area contributed by atoms with Gasteiger partial charge in [-0.05, 0) is 38.2 Å². The molecule has 0 aliphatic carbocycles. The van der Waals surface area contributed by atoms with Crippen molar-refractivity contribution in [3.8, 4) is 0 Å². The molecule has 0 aliphatic heterocycles. The number of quaternary nitrogens is 2. The summed E-state index contributed by atoms with van der Waals surface area (Å²) in [7, 11) is 0. The molecule has 0 fully saturated rings. The number of carboxylic acids is 5. The fraction of sp³-hybridized carbons (Fsp3) is 0.800. The van der Waals surface area contributed by atoms with Gasteiger partial charge in [-0.3, -0.25) is 4.79 Å². The Morgan fingerprint density at radius 2 is 0.900 bits per heavy atom. The Labute approximate surface area is 349 Å². The fourth-order valence-electron chi connectivity index (χ4n) is 5.88. The zero-order chi connectivity index (χ0) is 46.6. The Morgan fingerprint density at radius 1 is 0.567 bits per heavy atom. The summed E-state index contributed by atoms with van der Waals surface area (Å²) >= 11 is 0. The van der Waals surface area contributed by atoms with Crippen LogP contribution in [-0.2, 0) is 28.8 Å². The summed E-state index contributed by atoms with van der Waals surface area (Å²) in [6, 6.07) is -2.97. The van der Waals surface area contributed by atoms with E-state index < -0.39 is 66.2 Å². The third-order valence-electron chi connectivity index (χ3n) is 9.33. The maximum absolute atomic E-state index is 12.7. The van der Waals surface area contributed by atoms with Gasteiger partial charge >= 0.3 is 42.2 Å². The first-order valence-corrected chi connectivity index (χ1v) is 20.9. The zero-order valence-corrected chi connectivity index (χ0v) is 35.2. The highest BCUT2D eigenvalue weighted by molar-refractivity contribution is 5.84. The van der Waals surface area contributed by atoms with Crippen LogP contribution in [0.5, 0.6) is 0 Å². The Hall–Kier alpha value is -3.94. The summed E-state index contributed by atoms with van der Waals surface area (Å²) in [6.07, 6.45) is 16.8. The predicted octanol–water partition coefficient (Wildman–Crippen LogP) is 6.42. The molecule has 0 spiro atoms. The normalized spacial score (nSPS) is 13.0. The monoisotopic (exact) mass is 883 g/mol. The molecule has 0 aromatic heterocycles. The zero-order valence-electron chi connectivity index (χ0n) is 35.2. The molecule has 0 rings (SSSR count). The molecular formula is C40H71F6N3O11+2. The van der Waals surface area contributed by atoms with Gasteiger partial charge in [-0.15, -0.1) is 0 Å². The quantitative estimate of drug-likeness (QED) is 0.0203. The van der Waals surface area contributed by atoms with Crippen molar-refractivity contribution in [3.63, 3.8) is 0 Å². The first-order valence-electron chi connectivity index (χ1n) is 20.9. The van der Waals surface area contributed by atoms with Gasteiger partial charge in [-0.1, -0.05) is 123 Å². The molecule has 0 radical (unpaired) electrons. The third kappa shape index (κ3) is 38.3. The number of amides is 1. The fourth-order valence-corrected chi connectivity index (χ4v) is 5.88. The van der Waals surface area contributed by atoms with E-state index in [4.69, 9.17) is 24.9 Å². The van der Waals surface area contributed by atoms with Gasteiger partial charge in [0.2, 0.25) is 11.9 Å². The van der Waals surface area contributed by atoms with Crippen LogP contribution in [0.2, 0.25) is 0 Å². The van der Waals surface area contributed by atoms with Gasteiger partial charge in [0, 0.05) is 12.8 Å². The van der Waals surface area contributed by atoms with Gasteiger partial charge in [0.1, 0.15) is 6.04 Å². The Morgan fingerprint density at radius 3 is 1.18 bits per heavy atom. The Balaban J connectivity index is -0.00000196. The van der Waals surface area contributed by atoms with E-state index in [1.54, 1.807) is 0 Å². The predicted molar refractivity (Wildman–Crippen MR) is 210 cm³/mol. The highest BCUT2D eigenvalue weighted by Crippen LogP contribution is 2.14. The lowest BCUT2D eigenvalue weighted by Crippen LogP contribution is -3.16. The summed E-state index contributed by atoms with van der Waals surface area (Å²) < 4.78 is 63.5. The number of nitrogens with one attached hydrogen (secondary N) is 2. The molecule has 0 aromatic rings. The number of aliphatic carboxylic acids is 5. The average molecular weight is 884 g/mol. The van der Waals surface area contributed by atoms with E-state index in [2.05, 4.69) is 24.9 Å². The molecule has 0 aliphatic rings. The van der Waals surface area contributed by atoms with Crippen molar-refractivity contribution in [2.75, 3.05) is 13.1 Å². The minimum Gasteiger partial charge on any atom is -0.480 e. The molecule has 3 atom stereocenters. The molecule has 1 amide bonds. The van der Waals surface area contributed by atoms with Crippen LogP contribution < -0.4 is 16.0 Å². The smallest absolute Gasteiger partial charge is 0.480 e. The van der Waals surface area contributed by atoms with Gasteiger partial charge in [0.15, 0.2) is 6.04 Å². The lowest BCUT2D eigenvalue weighted by Gasteiger charge is -2.26. The number of carbonyl (C=O) groups is 6. The van der Waals surface area contributed by atoms with Crippen molar-refractivity contribution in [3.05, 3.63) is 12.2 Å². The maximum Gasteiger partial charge on any atom is 0.490 e. The number of alkyl halides is 6. The summed E-state index contributed by atoms with van der Waals surface area (Å²) in [5.41, 5.74) is 3.45. The second-order valence-corrected chi connectivity index (χ2v) is 14.6. The highest BCUT2D eigenvalue weighted by atomic mass is 19.4. The molecule has 14 nitrogen and oxygen atoms in total. The third-order valence-corrected chi connectivity index (χ3v) is 9.33. The molecule has 10 N–H and O–H groups in total. The Kier molecular flexibility index (Phi) is 37.1. The van der Waals surface area contributed by atoms with Gasteiger partial charge in [-0.2, -0.15) is 26.3 Å². The lowest BCUT2D eigenvalue weighted by molar-refractivity contribution is -0.917. The van der Waals surface area contributed by atoms with Gasteiger partial charge in [0.25, 0.3) is 0 Å². The van der Waals surface area contributed by atoms with Crippen LogP contribution in [0, 0.1) is 0 Å². The van der Waals surface area contributed by atoms with E-state index in [0.717, 1.165) is 56.5 Å². The summed E-state index contributed by atoms with van der Waals surface area (Å²) in [6.45, 7) is 5.97. The molecule has 0 heterocycles. The molecule has 352 valence electrons. The van der Waals surface area contributed by atoms with Crippen LogP contribution in [0.25, 0.3) is 0 Å². The standard InChI is InChI=1S/C36H67N3O7.2C2HF3O2/c1-3-5-7-9-11-13-15-17-19-21-28-39(29-22-20-18-16-14-12-10-8-6-4-2)32(36(45)46)26-27-33(40)38-31(35(43)44)25-23-24-30(37)34(41)42;2*3-2(4,5)1(6)7/h23-24,30-32H,3-22,25-29,37H2,1-2H3,(H,38,40)(H,41,42)(H,43,44)(H,45,46);2*(H,6,7)/p+2/b24-23+;;/t30-,31+,32-;;/m1../s1. The molecular weight excluding hydrogens is 812 g/mol. The Bertz CT molecular complexity index is 1170. The topological polar surface area (TPSA) is 248 Å². The van der Waals surface area contributed by atoms with E-state index >= 15 is 0 Å². The molecule has 0 saturated carbocycles. The van der Waals surface area contributed by atoms with E-state index in [1.807, 2.05) is 0 Å². The van der Waals surface area contributed by atoms with Gasteiger partial charge < -0.3 is 41.5 Å². The SMILES string of the molecule is CCCCCCCCCCCC[NH+](CCCCCCCCCCCC)[C@H](CCC(=O)N[C@@H](C/C=C/[C@@H]([NH3+])C(=O)O)C(=O)O)C(=O)O.O=C(O)C(F)(F)F.O=C(O)C(F)(F)F. The summed E-state index contributed by atoms with van der Waals surface area (Å²) in [5.74, 6) is -9.32. The number of hydrogen-bond acceptors (Lipinski definition) is 6. The van der Waals surface area contributed by atoms with E-state index in [1.165, 1.54) is 102 Å². The van der Waals surface area contributed by atoms with E-state index in [9.17, 15) is 55.7 Å². The van der Waals surface area contributed by atoms with Crippen LogP contribution in [0.1, 0.15) is 162 Å². The van der Waals surface area contributed by atoms with Crippen molar-refractivity contribution in [1.29, 1.82) is 0 Å². The lowest BCUT2D eigenvalue weighted by atomic mass is 10.0. The first kappa shape index (κ1) is 60.4. The second-order valence-electron chi connectivity index (χ2n) is 14.6. The van der Waals surface area contributed by atoms with Crippen molar-refractivity contribution in [1.82, 2.24) is 5.32 Å². The van der Waals surface area contributed by atoms with Gasteiger partial charge in [0.05, 0.1) is 13.1 Å². The largest absolute Gasteiger partial charge is 0.490 e. The van der Waals surface area contributed by atoms with Crippen LogP contribution in [0.3, 0.4) is 0 Å². The molecule has 0 bridgehead atoms. The highest BCUT2D eigenvalue weighted by Gasteiger charge is 2.39. The van der Waals surface area contributed by atoms with E-state index in [0.29, 0.717) is 0 Å². The van der Waals surface area contributed by atoms with Crippen LogP contribution >= 0.6 is 0 Å². The number of carbonyl (C=O) groups excluding carboxylic acids is 1. The molecule has 0 aromatic carbocycles. The molecule has 60 heavy (non-hydrogen) atoms.